The summed E-state index contributed by atoms with van der Waals surface area (Å²) in [6.07, 6.45) is 2.05. The fourth-order valence-corrected chi connectivity index (χ4v) is 3.24. The van der Waals surface area contributed by atoms with Crippen LogP contribution in [0.5, 0.6) is 0 Å². The number of halogens is 3. The highest BCUT2D eigenvalue weighted by molar-refractivity contribution is 6.35. The van der Waals surface area contributed by atoms with Crippen LogP contribution in [0, 0.1) is 5.82 Å². The highest BCUT2D eigenvalue weighted by Crippen LogP contribution is 2.28. The monoisotopic (exact) mass is 364 g/mol. The van der Waals surface area contributed by atoms with Gasteiger partial charge < -0.3 is 10.3 Å². The standard InChI is InChI=1S/C18H15Cl2FN2O/c1-10(13-7-16(21)15(20)8-14(13)19)23-18(24)6-11-9-22-17-5-3-2-4-12(11)17/h2-5,7-10,22H,6H2,1H3,(H,23,24). The molecule has 1 aromatic heterocycles. The minimum absolute atomic E-state index is 0.0407. The molecule has 0 radical (unpaired) electrons. The minimum atomic E-state index is -0.561. The summed E-state index contributed by atoms with van der Waals surface area (Å²) in [5, 5.41) is 4.13. The molecular weight excluding hydrogens is 350 g/mol. The Labute approximate surface area is 148 Å². The van der Waals surface area contributed by atoms with E-state index < -0.39 is 11.9 Å². The van der Waals surface area contributed by atoms with E-state index in [1.165, 1.54) is 12.1 Å². The molecule has 3 rings (SSSR count). The van der Waals surface area contributed by atoms with Crippen molar-refractivity contribution in [3.05, 3.63) is 69.6 Å². The van der Waals surface area contributed by atoms with E-state index in [0.717, 1.165) is 16.5 Å². The third kappa shape index (κ3) is 3.40. The quantitative estimate of drug-likeness (QED) is 0.626. The molecule has 124 valence electrons. The zero-order valence-corrected chi connectivity index (χ0v) is 14.4. The van der Waals surface area contributed by atoms with Crippen molar-refractivity contribution in [2.24, 2.45) is 0 Å². The predicted molar refractivity (Wildman–Crippen MR) is 95.0 cm³/mol. The number of aromatic nitrogens is 1. The molecule has 1 heterocycles. The number of hydrogen-bond acceptors (Lipinski definition) is 1. The summed E-state index contributed by atoms with van der Waals surface area (Å²) in [6, 6.07) is 9.94. The van der Waals surface area contributed by atoms with Crippen molar-refractivity contribution in [1.82, 2.24) is 10.3 Å². The largest absolute Gasteiger partial charge is 0.361 e. The predicted octanol–water partition coefficient (Wildman–Crippen LogP) is 5.03. The maximum atomic E-state index is 13.6. The Morgan fingerprint density at radius 3 is 2.79 bits per heavy atom. The van der Waals surface area contributed by atoms with Crippen LogP contribution in [0.2, 0.25) is 10.0 Å². The van der Waals surface area contributed by atoms with E-state index in [1.54, 1.807) is 6.92 Å². The highest BCUT2D eigenvalue weighted by atomic mass is 35.5. The fraction of sp³-hybridized carbons (Fsp3) is 0.167. The molecule has 3 nitrogen and oxygen atoms in total. The van der Waals surface area contributed by atoms with Gasteiger partial charge in [-0.15, -0.1) is 0 Å². The van der Waals surface area contributed by atoms with Crippen molar-refractivity contribution in [2.45, 2.75) is 19.4 Å². The van der Waals surface area contributed by atoms with Gasteiger partial charge in [0.25, 0.3) is 0 Å². The van der Waals surface area contributed by atoms with Gasteiger partial charge in [0.05, 0.1) is 17.5 Å². The third-order valence-electron chi connectivity index (χ3n) is 3.91. The van der Waals surface area contributed by atoms with Crippen molar-refractivity contribution in [3.63, 3.8) is 0 Å². The van der Waals surface area contributed by atoms with Gasteiger partial charge in [-0.25, -0.2) is 4.39 Å². The first-order valence-electron chi connectivity index (χ1n) is 7.44. The van der Waals surface area contributed by atoms with Crippen molar-refractivity contribution >= 4 is 40.0 Å². The SMILES string of the molecule is CC(NC(=O)Cc1c[nH]c2ccccc12)c1cc(F)c(Cl)cc1Cl. The first-order valence-corrected chi connectivity index (χ1v) is 8.20. The molecular formula is C18H15Cl2FN2O. The molecule has 0 aliphatic heterocycles. The molecule has 0 bridgehead atoms. The molecule has 6 heteroatoms. The number of H-pyrrole nitrogens is 1. The Bertz CT molecular complexity index is 907. The van der Waals surface area contributed by atoms with Crippen molar-refractivity contribution in [2.75, 3.05) is 0 Å². The van der Waals surface area contributed by atoms with Gasteiger partial charge in [0.15, 0.2) is 0 Å². The molecule has 1 atom stereocenters. The first kappa shape index (κ1) is 16.8. The second-order valence-electron chi connectivity index (χ2n) is 5.61. The maximum absolute atomic E-state index is 13.6. The number of carbonyl (C=O) groups excluding carboxylic acids is 1. The lowest BCUT2D eigenvalue weighted by molar-refractivity contribution is -0.121. The van der Waals surface area contributed by atoms with Crippen LogP contribution in [-0.4, -0.2) is 10.9 Å². The highest BCUT2D eigenvalue weighted by Gasteiger charge is 2.16. The number of nitrogens with one attached hydrogen (secondary N) is 2. The molecule has 1 unspecified atom stereocenters. The smallest absolute Gasteiger partial charge is 0.224 e. The van der Waals surface area contributed by atoms with E-state index >= 15 is 0 Å². The number of rotatable bonds is 4. The number of aromatic amines is 1. The Morgan fingerprint density at radius 1 is 1.25 bits per heavy atom. The zero-order valence-electron chi connectivity index (χ0n) is 12.9. The van der Waals surface area contributed by atoms with Crippen LogP contribution in [-0.2, 0) is 11.2 Å². The summed E-state index contributed by atoms with van der Waals surface area (Å²) in [5.41, 5.74) is 2.38. The van der Waals surface area contributed by atoms with Gasteiger partial charge in [-0.3, -0.25) is 4.79 Å². The summed E-state index contributed by atoms with van der Waals surface area (Å²) in [7, 11) is 0. The van der Waals surface area contributed by atoms with Crippen molar-refractivity contribution in [3.8, 4) is 0 Å². The van der Waals surface area contributed by atoms with Crippen LogP contribution in [0.3, 0.4) is 0 Å². The van der Waals surface area contributed by atoms with Crippen LogP contribution in [0.25, 0.3) is 10.9 Å². The zero-order chi connectivity index (χ0) is 17.3. The summed E-state index contributed by atoms with van der Waals surface area (Å²) in [4.78, 5) is 15.4. The van der Waals surface area contributed by atoms with Crippen LogP contribution in [0.15, 0.2) is 42.6 Å². The summed E-state index contributed by atoms with van der Waals surface area (Å²) < 4.78 is 13.6. The van der Waals surface area contributed by atoms with Crippen molar-refractivity contribution in [1.29, 1.82) is 0 Å². The minimum Gasteiger partial charge on any atom is -0.361 e. The average Bonchev–Trinajstić information content (AvgIpc) is 2.94. The van der Waals surface area contributed by atoms with E-state index in [0.29, 0.717) is 10.6 Å². The van der Waals surface area contributed by atoms with Crippen LogP contribution >= 0.6 is 23.2 Å². The van der Waals surface area contributed by atoms with E-state index in [9.17, 15) is 9.18 Å². The lowest BCUT2D eigenvalue weighted by Gasteiger charge is -2.16. The molecule has 0 aliphatic carbocycles. The molecule has 3 aromatic rings. The summed E-state index contributed by atoms with van der Waals surface area (Å²) >= 11 is 11.8. The summed E-state index contributed by atoms with van der Waals surface area (Å²) in [5.74, 6) is -0.729. The van der Waals surface area contributed by atoms with Gasteiger partial charge >= 0.3 is 0 Å². The lowest BCUT2D eigenvalue weighted by Crippen LogP contribution is -2.28. The average molecular weight is 365 g/mol. The molecule has 1 amide bonds. The molecule has 0 aliphatic rings. The number of para-hydroxylation sites is 1. The van der Waals surface area contributed by atoms with E-state index in [2.05, 4.69) is 10.3 Å². The third-order valence-corrected chi connectivity index (χ3v) is 4.53. The van der Waals surface area contributed by atoms with E-state index in [1.807, 2.05) is 30.5 Å². The molecule has 2 N–H and O–H groups in total. The number of fused-ring (bicyclic) bond motifs is 1. The fourth-order valence-electron chi connectivity index (χ4n) is 2.69. The lowest BCUT2D eigenvalue weighted by atomic mass is 10.1. The van der Waals surface area contributed by atoms with E-state index in [-0.39, 0.29) is 17.4 Å². The van der Waals surface area contributed by atoms with Crippen LogP contribution in [0.4, 0.5) is 4.39 Å². The van der Waals surface area contributed by atoms with Gasteiger partial charge in [-0.05, 0) is 36.2 Å². The Morgan fingerprint density at radius 2 is 2.00 bits per heavy atom. The maximum Gasteiger partial charge on any atom is 0.224 e. The molecule has 24 heavy (non-hydrogen) atoms. The van der Waals surface area contributed by atoms with Gasteiger partial charge in [-0.1, -0.05) is 41.4 Å². The molecule has 0 fully saturated rings. The molecule has 2 aromatic carbocycles. The molecule has 0 spiro atoms. The van der Waals surface area contributed by atoms with Crippen LogP contribution in [0.1, 0.15) is 24.1 Å². The van der Waals surface area contributed by atoms with Gasteiger partial charge in [-0.2, -0.15) is 0 Å². The summed E-state index contributed by atoms with van der Waals surface area (Å²) in [6.45, 7) is 1.75. The number of carbonyl (C=O) groups is 1. The second-order valence-corrected chi connectivity index (χ2v) is 6.43. The van der Waals surface area contributed by atoms with Gasteiger partial charge in [0.1, 0.15) is 5.82 Å². The van der Waals surface area contributed by atoms with Gasteiger partial charge in [0.2, 0.25) is 5.91 Å². The van der Waals surface area contributed by atoms with Crippen LogP contribution < -0.4 is 5.32 Å². The van der Waals surface area contributed by atoms with Crippen molar-refractivity contribution < 1.29 is 9.18 Å². The first-order chi connectivity index (χ1) is 11.5. The number of benzene rings is 2. The Balaban J connectivity index is 1.74. The topological polar surface area (TPSA) is 44.9 Å². The Kier molecular flexibility index (Phi) is 4.78. The van der Waals surface area contributed by atoms with Gasteiger partial charge in [0, 0.05) is 22.1 Å². The number of hydrogen-bond donors (Lipinski definition) is 2. The van der Waals surface area contributed by atoms with E-state index in [4.69, 9.17) is 23.2 Å². The number of amides is 1. The molecule has 0 saturated heterocycles. The Hall–Kier alpha value is -2.04. The normalized spacial score (nSPS) is 12.3. The molecule has 0 saturated carbocycles. The second kappa shape index (κ2) is 6.83.